The van der Waals surface area contributed by atoms with Crippen LogP contribution in [0.5, 0.6) is 11.5 Å². The number of ether oxygens (including phenoxy) is 1. The Labute approximate surface area is 181 Å². The molecule has 0 aliphatic rings. The van der Waals surface area contributed by atoms with Crippen molar-refractivity contribution in [1.82, 2.24) is 9.78 Å². The molecule has 0 aliphatic heterocycles. The Morgan fingerprint density at radius 3 is 2.74 bits per heavy atom. The quantitative estimate of drug-likeness (QED) is 0.314. The number of non-ortho nitro benzene ring substituents is 1. The molecule has 1 aromatic heterocycles. The van der Waals surface area contributed by atoms with Crippen molar-refractivity contribution in [3.63, 3.8) is 0 Å². The second-order valence-electron chi connectivity index (χ2n) is 6.82. The summed E-state index contributed by atoms with van der Waals surface area (Å²) < 4.78 is 21.1. The smallest absolute Gasteiger partial charge is 0.270 e. The number of aromatic hydroxyl groups is 1. The molecule has 1 N–H and O–H groups in total. The van der Waals surface area contributed by atoms with E-state index in [1.165, 1.54) is 19.2 Å². The van der Waals surface area contributed by atoms with Gasteiger partial charge in [0.2, 0.25) is 0 Å². The molecule has 31 heavy (non-hydrogen) atoms. The summed E-state index contributed by atoms with van der Waals surface area (Å²) in [4.78, 5) is 22.4. The molecule has 0 atom stereocenters. The minimum Gasteiger partial charge on any atom is -0.508 e. The molecule has 162 valence electrons. The van der Waals surface area contributed by atoms with Gasteiger partial charge in [0.25, 0.3) is 11.2 Å². The van der Waals surface area contributed by atoms with E-state index in [0.717, 1.165) is 22.9 Å². The Morgan fingerprint density at radius 2 is 2.00 bits per heavy atom. The SMILES string of the molecule is Cn1nc(-c2cc([N+](=O)[O-])ccc2F)c(OCCCCc2cc(Cl)ccc2O)cc1=O. The number of halogens is 2. The summed E-state index contributed by atoms with van der Waals surface area (Å²) in [5, 5.41) is 25.5. The predicted molar refractivity (Wildman–Crippen MR) is 113 cm³/mol. The molecular formula is C21H19ClFN3O5. The van der Waals surface area contributed by atoms with E-state index in [9.17, 15) is 24.4 Å². The fourth-order valence-corrected chi connectivity index (χ4v) is 3.18. The first kappa shape index (κ1) is 22.2. The van der Waals surface area contributed by atoms with Gasteiger partial charge in [-0.2, -0.15) is 5.10 Å². The van der Waals surface area contributed by atoms with E-state index >= 15 is 0 Å². The average molecular weight is 448 g/mol. The van der Waals surface area contributed by atoms with Gasteiger partial charge in [0.05, 0.1) is 11.5 Å². The van der Waals surface area contributed by atoms with Crippen LogP contribution in [-0.2, 0) is 13.5 Å². The van der Waals surface area contributed by atoms with Crippen molar-refractivity contribution in [3.8, 4) is 22.8 Å². The molecule has 0 saturated heterocycles. The van der Waals surface area contributed by atoms with Crippen LogP contribution in [0.1, 0.15) is 18.4 Å². The highest BCUT2D eigenvalue weighted by molar-refractivity contribution is 6.30. The Hall–Kier alpha value is -3.46. The van der Waals surface area contributed by atoms with Gasteiger partial charge in [0, 0.05) is 35.8 Å². The van der Waals surface area contributed by atoms with Gasteiger partial charge in [-0.05, 0) is 49.1 Å². The minimum atomic E-state index is -0.724. The molecule has 1 heterocycles. The van der Waals surface area contributed by atoms with Crippen molar-refractivity contribution in [3.05, 3.63) is 79.3 Å². The second kappa shape index (κ2) is 9.57. The van der Waals surface area contributed by atoms with E-state index in [4.69, 9.17) is 16.3 Å². The molecule has 0 unspecified atom stereocenters. The maximum Gasteiger partial charge on any atom is 0.270 e. The number of hydrogen-bond acceptors (Lipinski definition) is 6. The summed E-state index contributed by atoms with van der Waals surface area (Å²) in [5.74, 6) is -0.532. The van der Waals surface area contributed by atoms with E-state index in [1.54, 1.807) is 12.1 Å². The lowest BCUT2D eigenvalue weighted by Crippen LogP contribution is -2.20. The Morgan fingerprint density at radius 1 is 1.23 bits per heavy atom. The maximum atomic E-state index is 14.4. The highest BCUT2D eigenvalue weighted by Gasteiger charge is 2.19. The summed E-state index contributed by atoms with van der Waals surface area (Å²) >= 11 is 5.94. The van der Waals surface area contributed by atoms with Gasteiger partial charge in [-0.3, -0.25) is 14.9 Å². The first-order chi connectivity index (χ1) is 14.8. The maximum absolute atomic E-state index is 14.4. The standard InChI is InChI=1S/C21H19ClFN3O5/c1-25-20(28)12-19(21(24-25)16-11-15(26(29)30)6-7-17(16)23)31-9-3-2-4-13-10-14(22)5-8-18(13)27/h5-8,10-12,27H,2-4,9H2,1H3. The molecule has 0 saturated carbocycles. The number of aryl methyl sites for hydroxylation is 2. The molecular weight excluding hydrogens is 429 g/mol. The third-order valence-electron chi connectivity index (χ3n) is 4.61. The molecule has 0 radical (unpaired) electrons. The molecule has 10 heteroatoms. The molecule has 0 amide bonds. The van der Waals surface area contributed by atoms with Crippen LogP contribution >= 0.6 is 11.6 Å². The van der Waals surface area contributed by atoms with Crippen LogP contribution in [-0.4, -0.2) is 26.4 Å². The molecule has 0 spiro atoms. The number of benzene rings is 2. The molecule has 2 aromatic carbocycles. The monoisotopic (exact) mass is 447 g/mol. The molecule has 0 bridgehead atoms. The summed E-state index contributed by atoms with van der Waals surface area (Å²) in [6, 6.07) is 9.06. The Kier molecular flexibility index (Phi) is 6.86. The number of rotatable bonds is 8. The first-order valence-corrected chi connectivity index (χ1v) is 9.77. The zero-order valence-corrected chi connectivity index (χ0v) is 17.3. The van der Waals surface area contributed by atoms with Crippen LogP contribution in [0.4, 0.5) is 10.1 Å². The largest absolute Gasteiger partial charge is 0.508 e. The van der Waals surface area contributed by atoms with Crippen LogP contribution in [0.15, 0.2) is 47.3 Å². The van der Waals surface area contributed by atoms with Crippen LogP contribution in [0.3, 0.4) is 0 Å². The topological polar surface area (TPSA) is 107 Å². The number of nitro benzene ring substituents is 1. The number of phenols is 1. The van der Waals surface area contributed by atoms with Crippen molar-refractivity contribution >= 4 is 17.3 Å². The average Bonchev–Trinajstić information content (AvgIpc) is 2.72. The zero-order chi connectivity index (χ0) is 22.5. The second-order valence-corrected chi connectivity index (χ2v) is 7.26. The molecule has 3 aromatic rings. The highest BCUT2D eigenvalue weighted by Crippen LogP contribution is 2.31. The normalized spacial score (nSPS) is 10.8. The summed E-state index contributed by atoms with van der Waals surface area (Å²) in [6.45, 7) is 0.194. The summed E-state index contributed by atoms with van der Waals surface area (Å²) in [7, 11) is 1.39. The summed E-state index contributed by atoms with van der Waals surface area (Å²) in [5.41, 5.74) is -0.200. The molecule has 0 fully saturated rings. The van der Waals surface area contributed by atoms with Gasteiger partial charge in [0.15, 0.2) is 5.75 Å². The van der Waals surface area contributed by atoms with E-state index in [1.807, 2.05) is 0 Å². The highest BCUT2D eigenvalue weighted by atomic mass is 35.5. The van der Waals surface area contributed by atoms with Crippen molar-refractivity contribution in [2.45, 2.75) is 19.3 Å². The Balaban J connectivity index is 1.75. The van der Waals surface area contributed by atoms with Crippen molar-refractivity contribution in [1.29, 1.82) is 0 Å². The fraction of sp³-hybridized carbons (Fsp3) is 0.238. The first-order valence-electron chi connectivity index (χ1n) is 9.39. The van der Waals surface area contributed by atoms with E-state index in [2.05, 4.69) is 5.10 Å². The fourth-order valence-electron chi connectivity index (χ4n) is 2.98. The van der Waals surface area contributed by atoms with Crippen molar-refractivity contribution in [2.24, 2.45) is 7.05 Å². The third-order valence-corrected chi connectivity index (χ3v) is 4.85. The Bertz CT molecular complexity index is 1180. The van der Waals surface area contributed by atoms with E-state index in [0.29, 0.717) is 29.8 Å². The lowest BCUT2D eigenvalue weighted by atomic mass is 10.1. The van der Waals surface area contributed by atoms with Gasteiger partial charge < -0.3 is 9.84 Å². The predicted octanol–water partition coefficient (Wildman–Crippen LogP) is 4.26. The van der Waals surface area contributed by atoms with Crippen LogP contribution in [0.25, 0.3) is 11.3 Å². The molecule has 0 aliphatic carbocycles. The van der Waals surface area contributed by atoms with Crippen molar-refractivity contribution in [2.75, 3.05) is 6.61 Å². The van der Waals surface area contributed by atoms with E-state index < -0.39 is 16.3 Å². The number of nitro groups is 1. The number of aromatic nitrogens is 2. The van der Waals surface area contributed by atoms with Gasteiger partial charge in [-0.25, -0.2) is 9.07 Å². The zero-order valence-electron chi connectivity index (χ0n) is 16.5. The van der Waals surface area contributed by atoms with Gasteiger partial charge in [-0.15, -0.1) is 0 Å². The van der Waals surface area contributed by atoms with Crippen LogP contribution < -0.4 is 10.3 Å². The molecule has 3 rings (SSSR count). The number of nitrogens with zero attached hydrogens (tertiary/aromatic N) is 3. The lowest BCUT2D eigenvalue weighted by Gasteiger charge is -2.12. The van der Waals surface area contributed by atoms with Crippen molar-refractivity contribution < 1.29 is 19.2 Å². The third kappa shape index (κ3) is 5.37. The lowest BCUT2D eigenvalue weighted by molar-refractivity contribution is -0.384. The van der Waals surface area contributed by atoms with Crippen LogP contribution in [0, 0.1) is 15.9 Å². The van der Waals surface area contributed by atoms with Crippen LogP contribution in [0.2, 0.25) is 5.02 Å². The molecule has 8 nitrogen and oxygen atoms in total. The minimum absolute atomic E-state index is 0.00390. The number of unbranched alkanes of at least 4 members (excludes halogenated alkanes) is 1. The van der Waals surface area contributed by atoms with Gasteiger partial charge >= 0.3 is 0 Å². The number of phenolic OH excluding ortho intramolecular Hbond substituents is 1. The summed E-state index contributed by atoms with van der Waals surface area (Å²) in [6.07, 6.45) is 1.79. The van der Waals surface area contributed by atoms with Gasteiger partial charge in [0.1, 0.15) is 17.3 Å². The number of hydrogen-bond donors (Lipinski definition) is 1. The van der Waals surface area contributed by atoms with Gasteiger partial charge in [-0.1, -0.05) is 11.6 Å². The van der Waals surface area contributed by atoms with E-state index in [-0.39, 0.29) is 35.1 Å².